The summed E-state index contributed by atoms with van der Waals surface area (Å²) in [5.74, 6) is -0.586. The number of rotatable bonds is 3. The molecule has 20 heavy (non-hydrogen) atoms. The fourth-order valence-electron chi connectivity index (χ4n) is 1.84. The van der Waals surface area contributed by atoms with Crippen LogP contribution in [0.5, 0.6) is 17.2 Å². The topological polar surface area (TPSA) is 27.7 Å². The third-order valence-electron chi connectivity index (χ3n) is 2.78. The molecule has 0 unspecified atom stereocenters. The summed E-state index contributed by atoms with van der Waals surface area (Å²) in [5.41, 5.74) is 0.740. The molecule has 0 amide bonds. The molecule has 1 aliphatic rings. The number of fused-ring (bicyclic) bond motifs is 1. The summed E-state index contributed by atoms with van der Waals surface area (Å²) >= 11 is 6.03. The van der Waals surface area contributed by atoms with Crippen LogP contribution in [0.1, 0.15) is 5.56 Å². The quantitative estimate of drug-likeness (QED) is 0.859. The van der Waals surface area contributed by atoms with Crippen molar-refractivity contribution in [1.82, 2.24) is 0 Å². The van der Waals surface area contributed by atoms with E-state index >= 15 is 0 Å². The van der Waals surface area contributed by atoms with Crippen molar-refractivity contribution < 1.29 is 23.0 Å². The Hall–Kier alpha value is -2.01. The van der Waals surface area contributed by atoms with Gasteiger partial charge in [-0.15, -0.1) is 0 Å². The van der Waals surface area contributed by atoms with Crippen molar-refractivity contribution in [3.05, 3.63) is 52.6 Å². The molecule has 0 saturated heterocycles. The molecule has 2 aromatic carbocycles. The first kappa shape index (κ1) is 13.0. The number of hydrogen-bond donors (Lipinski definition) is 0. The van der Waals surface area contributed by atoms with Crippen molar-refractivity contribution in [2.75, 3.05) is 6.79 Å². The zero-order valence-electron chi connectivity index (χ0n) is 10.2. The van der Waals surface area contributed by atoms with Crippen molar-refractivity contribution in [2.45, 2.75) is 6.61 Å². The van der Waals surface area contributed by atoms with Crippen molar-refractivity contribution >= 4 is 11.6 Å². The normalized spacial score (nSPS) is 12.6. The maximum Gasteiger partial charge on any atom is 0.231 e. The Labute approximate surface area is 118 Å². The predicted octanol–water partition coefficient (Wildman–Crippen LogP) is 3.93. The van der Waals surface area contributed by atoms with Crippen LogP contribution in [0.15, 0.2) is 30.3 Å². The van der Waals surface area contributed by atoms with Crippen molar-refractivity contribution in [2.24, 2.45) is 0 Å². The highest BCUT2D eigenvalue weighted by molar-refractivity contribution is 6.32. The van der Waals surface area contributed by atoms with E-state index in [0.29, 0.717) is 16.5 Å². The molecule has 104 valence electrons. The van der Waals surface area contributed by atoms with Gasteiger partial charge in [-0.05, 0) is 29.8 Å². The van der Waals surface area contributed by atoms with Gasteiger partial charge < -0.3 is 14.2 Å². The molecule has 6 heteroatoms. The van der Waals surface area contributed by atoms with E-state index in [-0.39, 0.29) is 19.1 Å². The molecule has 0 radical (unpaired) electrons. The largest absolute Gasteiger partial charge is 0.489 e. The predicted molar refractivity (Wildman–Crippen MR) is 68.3 cm³/mol. The van der Waals surface area contributed by atoms with Gasteiger partial charge in [0, 0.05) is 6.07 Å². The Balaban J connectivity index is 1.75. The minimum atomic E-state index is -0.953. The van der Waals surface area contributed by atoms with Crippen molar-refractivity contribution in [1.29, 1.82) is 0 Å². The first-order valence-electron chi connectivity index (χ1n) is 5.79. The van der Waals surface area contributed by atoms with Crippen LogP contribution in [0, 0.1) is 11.6 Å². The molecule has 1 aliphatic heterocycles. The second-order valence-corrected chi connectivity index (χ2v) is 4.58. The third-order valence-corrected chi connectivity index (χ3v) is 3.06. The van der Waals surface area contributed by atoms with Crippen LogP contribution in [-0.4, -0.2) is 6.79 Å². The summed E-state index contributed by atoms with van der Waals surface area (Å²) < 4.78 is 41.6. The van der Waals surface area contributed by atoms with Crippen LogP contribution < -0.4 is 14.2 Å². The van der Waals surface area contributed by atoms with Crippen LogP contribution in [0.25, 0.3) is 0 Å². The molecule has 0 fully saturated rings. The lowest BCUT2D eigenvalue weighted by molar-refractivity contribution is 0.174. The summed E-state index contributed by atoms with van der Waals surface area (Å²) in [6, 6.07) is 6.76. The maximum absolute atomic E-state index is 13.0. The fourth-order valence-corrected chi connectivity index (χ4v) is 2.13. The number of halogens is 3. The SMILES string of the molecule is Fc1ccc(OCc2cc(Cl)c3c(c2)OCO3)cc1F. The molecule has 1 heterocycles. The van der Waals surface area contributed by atoms with E-state index in [1.54, 1.807) is 12.1 Å². The molecule has 0 bridgehead atoms. The Kier molecular flexibility index (Phi) is 3.36. The number of hydrogen-bond acceptors (Lipinski definition) is 3. The summed E-state index contributed by atoms with van der Waals surface area (Å²) in [4.78, 5) is 0. The van der Waals surface area contributed by atoms with Gasteiger partial charge in [0.2, 0.25) is 6.79 Å². The number of ether oxygens (including phenoxy) is 3. The van der Waals surface area contributed by atoms with Gasteiger partial charge in [-0.25, -0.2) is 8.78 Å². The second-order valence-electron chi connectivity index (χ2n) is 4.18. The van der Waals surface area contributed by atoms with E-state index in [1.165, 1.54) is 6.07 Å². The monoisotopic (exact) mass is 298 g/mol. The van der Waals surface area contributed by atoms with E-state index in [9.17, 15) is 8.78 Å². The molecule has 0 N–H and O–H groups in total. The standard InChI is InChI=1S/C14H9ClF2O3/c15-10-3-8(4-13-14(10)20-7-19-13)6-18-9-1-2-11(16)12(17)5-9/h1-5H,6-7H2. The molecule has 0 atom stereocenters. The molecule has 3 nitrogen and oxygen atoms in total. The van der Waals surface area contributed by atoms with Gasteiger partial charge in [-0.3, -0.25) is 0 Å². The Morgan fingerprint density at radius 1 is 1.10 bits per heavy atom. The lowest BCUT2D eigenvalue weighted by Gasteiger charge is -2.08. The summed E-state index contributed by atoms with van der Waals surface area (Å²) in [6.07, 6.45) is 0. The third kappa shape index (κ3) is 2.49. The lowest BCUT2D eigenvalue weighted by atomic mass is 10.2. The maximum atomic E-state index is 13.0. The Bertz CT molecular complexity index is 661. The smallest absolute Gasteiger partial charge is 0.231 e. The van der Waals surface area contributed by atoms with E-state index in [0.717, 1.165) is 17.7 Å². The van der Waals surface area contributed by atoms with E-state index < -0.39 is 11.6 Å². The fraction of sp³-hybridized carbons (Fsp3) is 0.143. The lowest BCUT2D eigenvalue weighted by Crippen LogP contribution is -1.97. The zero-order valence-corrected chi connectivity index (χ0v) is 10.9. The highest BCUT2D eigenvalue weighted by atomic mass is 35.5. The Morgan fingerprint density at radius 3 is 2.75 bits per heavy atom. The molecule has 3 rings (SSSR count). The highest BCUT2D eigenvalue weighted by Crippen LogP contribution is 2.39. The van der Waals surface area contributed by atoms with Gasteiger partial charge >= 0.3 is 0 Å². The van der Waals surface area contributed by atoms with Crippen molar-refractivity contribution in [3.8, 4) is 17.2 Å². The van der Waals surface area contributed by atoms with Gasteiger partial charge in [0.1, 0.15) is 12.4 Å². The average Bonchev–Trinajstić information content (AvgIpc) is 2.89. The van der Waals surface area contributed by atoms with Crippen LogP contribution in [0.4, 0.5) is 8.78 Å². The first-order chi connectivity index (χ1) is 9.63. The minimum Gasteiger partial charge on any atom is -0.489 e. The molecule has 0 aromatic heterocycles. The highest BCUT2D eigenvalue weighted by Gasteiger charge is 2.18. The van der Waals surface area contributed by atoms with Gasteiger partial charge in [-0.2, -0.15) is 0 Å². The molecule has 0 saturated carbocycles. The van der Waals surface area contributed by atoms with E-state index in [2.05, 4.69) is 0 Å². The minimum absolute atomic E-state index is 0.128. The van der Waals surface area contributed by atoms with Crippen LogP contribution >= 0.6 is 11.6 Å². The van der Waals surface area contributed by atoms with Gasteiger partial charge in [0.05, 0.1) is 5.02 Å². The molecule has 2 aromatic rings. The average molecular weight is 299 g/mol. The summed E-state index contributed by atoms with van der Waals surface area (Å²) in [7, 11) is 0. The summed E-state index contributed by atoms with van der Waals surface area (Å²) in [5, 5.41) is 0.420. The molecule has 0 spiro atoms. The molecule has 0 aliphatic carbocycles. The van der Waals surface area contributed by atoms with Gasteiger partial charge in [0.15, 0.2) is 23.1 Å². The van der Waals surface area contributed by atoms with Gasteiger partial charge in [0.25, 0.3) is 0 Å². The molecular formula is C14H9ClF2O3. The van der Waals surface area contributed by atoms with E-state index in [1.807, 2.05) is 0 Å². The first-order valence-corrected chi connectivity index (χ1v) is 6.17. The van der Waals surface area contributed by atoms with Crippen LogP contribution in [-0.2, 0) is 6.61 Å². The van der Waals surface area contributed by atoms with Crippen LogP contribution in [0.2, 0.25) is 5.02 Å². The van der Waals surface area contributed by atoms with Gasteiger partial charge in [-0.1, -0.05) is 11.6 Å². The van der Waals surface area contributed by atoms with Crippen LogP contribution in [0.3, 0.4) is 0 Å². The number of benzene rings is 2. The molecular weight excluding hydrogens is 290 g/mol. The zero-order chi connectivity index (χ0) is 14.1. The van der Waals surface area contributed by atoms with E-state index in [4.69, 9.17) is 25.8 Å². The second kappa shape index (κ2) is 5.17. The van der Waals surface area contributed by atoms with Crippen molar-refractivity contribution in [3.63, 3.8) is 0 Å². The Morgan fingerprint density at radius 2 is 1.95 bits per heavy atom. The summed E-state index contributed by atoms with van der Waals surface area (Å²) in [6.45, 7) is 0.282.